The summed E-state index contributed by atoms with van der Waals surface area (Å²) in [6, 6.07) is 6.88. The lowest BCUT2D eigenvalue weighted by molar-refractivity contribution is -0.123. The summed E-state index contributed by atoms with van der Waals surface area (Å²) in [5.74, 6) is 0.286. The van der Waals surface area contributed by atoms with Crippen molar-refractivity contribution in [2.24, 2.45) is 0 Å². The van der Waals surface area contributed by atoms with Crippen LogP contribution in [0.15, 0.2) is 30.5 Å². The van der Waals surface area contributed by atoms with E-state index in [1.165, 1.54) is 6.20 Å². The van der Waals surface area contributed by atoms with Crippen LogP contribution in [0.5, 0.6) is 5.75 Å². The van der Waals surface area contributed by atoms with Crippen LogP contribution in [0.1, 0.15) is 29.8 Å². The minimum atomic E-state index is -0.163. The molecule has 0 spiro atoms. The first-order valence-electron chi connectivity index (χ1n) is 10.4. The van der Waals surface area contributed by atoms with Gasteiger partial charge < -0.3 is 20.7 Å². The fourth-order valence-corrected chi connectivity index (χ4v) is 3.88. The maximum absolute atomic E-state index is 13.0. The summed E-state index contributed by atoms with van der Waals surface area (Å²) >= 11 is 12.4. The number of piperazine rings is 1. The second kappa shape index (κ2) is 10.8. The number of halogens is 2. The fourth-order valence-electron chi connectivity index (χ4n) is 3.37. The van der Waals surface area contributed by atoms with Crippen LogP contribution >= 0.6 is 23.2 Å². The number of pyridine rings is 1. The summed E-state index contributed by atoms with van der Waals surface area (Å²) in [6.45, 7) is 6.55. The van der Waals surface area contributed by atoms with Gasteiger partial charge in [-0.25, -0.2) is 4.98 Å². The number of anilines is 1. The molecule has 1 aliphatic rings. The first-order chi connectivity index (χ1) is 15.2. The predicted molar refractivity (Wildman–Crippen MR) is 125 cm³/mol. The summed E-state index contributed by atoms with van der Waals surface area (Å²) in [6.07, 6.45) is 1.44. The minimum Gasteiger partial charge on any atom is -0.485 e. The highest BCUT2D eigenvalue weighted by Gasteiger charge is 2.24. The Morgan fingerprint density at radius 3 is 2.47 bits per heavy atom. The number of nitrogens with two attached hydrogens (primary N) is 1. The Labute approximate surface area is 197 Å². The van der Waals surface area contributed by atoms with Crippen molar-refractivity contribution in [3.05, 3.63) is 51.6 Å². The number of nitrogens with one attached hydrogen (secondary N) is 1. The molecule has 0 atom stereocenters. The first-order valence-corrected chi connectivity index (χ1v) is 11.1. The number of ether oxygens (including phenoxy) is 1. The third kappa shape index (κ3) is 6.25. The van der Waals surface area contributed by atoms with E-state index in [2.05, 4.69) is 10.3 Å². The Balaban J connectivity index is 1.60. The maximum Gasteiger partial charge on any atom is 0.255 e. The third-order valence-electron chi connectivity index (χ3n) is 5.04. The maximum atomic E-state index is 13.0. The molecule has 2 heterocycles. The topological polar surface area (TPSA) is 101 Å². The van der Waals surface area contributed by atoms with Crippen molar-refractivity contribution in [2.75, 3.05) is 38.5 Å². The van der Waals surface area contributed by atoms with Gasteiger partial charge in [-0.05, 0) is 32.0 Å². The normalized spacial score (nSPS) is 14.5. The molecule has 1 aliphatic heterocycles. The van der Waals surface area contributed by atoms with E-state index in [-0.39, 0.29) is 36.0 Å². The van der Waals surface area contributed by atoms with Crippen LogP contribution in [-0.4, -0.2) is 65.4 Å². The van der Waals surface area contributed by atoms with Crippen LogP contribution in [0.3, 0.4) is 0 Å². The van der Waals surface area contributed by atoms with Gasteiger partial charge in [0.1, 0.15) is 6.61 Å². The second-order valence-electron chi connectivity index (χ2n) is 7.89. The van der Waals surface area contributed by atoms with Crippen molar-refractivity contribution < 1.29 is 14.3 Å². The van der Waals surface area contributed by atoms with Crippen molar-refractivity contribution in [1.82, 2.24) is 20.1 Å². The van der Waals surface area contributed by atoms with E-state index in [9.17, 15) is 9.59 Å². The number of benzene rings is 1. The molecule has 0 radical (unpaired) electrons. The van der Waals surface area contributed by atoms with E-state index >= 15 is 0 Å². The monoisotopic (exact) mass is 479 g/mol. The molecular formula is C22H27Cl2N5O3. The Kier molecular flexibility index (Phi) is 8.17. The average molecular weight is 480 g/mol. The zero-order chi connectivity index (χ0) is 23.3. The average Bonchev–Trinajstić information content (AvgIpc) is 2.74. The molecule has 0 saturated carbocycles. The summed E-state index contributed by atoms with van der Waals surface area (Å²) in [4.78, 5) is 32.8. The van der Waals surface area contributed by atoms with Gasteiger partial charge >= 0.3 is 0 Å². The zero-order valence-corrected chi connectivity index (χ0v) is 19.6. The van der Waals surface area contributed by atoms with E-state index < -0.39 is 0 Å². The Morgan fingerprint density at radius 1 is 1.19 bits per heavy atom. The molecule has 0 bridgehead atoms. The summed E-state index contributed by atoms with van der Waals surface area (Å²) < 4.78 is 5.78. The number of rotatable bonds is 7. The van der Waals surface area contributed by atoms with Gasteiger partial charge in [0, 0.05) is 54.0 Å². The Hall–Kier alpha value is -2.55. The molecule has 1 aromatic carbocycles. The highest BCUT2D eigenvalue weighted by atomic mass is 35.5. The van der Waals surface area contributed by atoms with Gasteiger partial charge in [0.05, 0.1) is 12.1 Å². The Bertz CT molecular complexity index is 958. The van der Waals surface area contributed by atoms with E-state index in [1.54, 1.807) is 29.2 Å². The predicted octanol–water partition coefficient (Wildman–Crippen LogP) is 2.83. The highest BCUT2D eigenvalue weighted by Crippen LogP contribution is 2.28. The van der Waals surface area contributed by atoms with Crippen LogP contribution in [0.2, 0.25) is 10.0 Å². The van der Waals surface area contributed by atoms with Gasteiger partial charge in [-0.15, -0.1) is 0 Å². The van der Waals surface area contributed by atoms with Crippen molar-refractivity contribution >= 4 is 40.8 Å². The number of carbonyl (C=O) groups excluding carboxylic acids is 2. The highest BCUT2D eigenvalue weighted by molar-refractivity contribution is 6.35. The smallest absolute Gasteiger partial charge is 0.255 e. The summed E-state index contributed by atoms with van der Waals surface area (Å²) in [5, 5.41) is 3.85. The molecule has 10 heteroatoms. The lowest BCUT2D eigenvalue weighted by atomic mass is 10.2. The summed E-state index contributed by atoms with van der Waals surface area (Å²) in [5.41, 5.74) is 6.94. The third-order valence-corrected chi connectivity index (χ3v) is 5.75. The van der Waals surface area contributed by atoms with Crippen LogP contribution in [0.4, 0.5) is 5.82 Å². The fraction of sp³-hybridized carbons (Fsp3) is 0.409. The molecular weight excluding hydrogens is 453 g/mol. The van der Waals surface area contributed by atoms with Crippen LogP contribution in [0, 0.1) is 0 Å². The number of hydrogen-bond donors (Lipinski definition) is 2. The quantitative estimate of drug-likeness (QED) is 0.632. The molecule has 32 heavy (non-hydrogen) atoms. The van der Waals surface area contributed by atoms with Gasteiger partial charge in [-0.3, -0.25) is 14.5 Å². The number of aromatic nitrogens is 1. The molecule has 8 nitrogen and oxygen atoms in total. The number of carbonyl (C=O) groups is 2. The van der Waals surface area contributed by atoms with Gasteiger partial charge in [0.15, 0.2) is 11.6 Å². The number of hydrogen-bond acceptors (Lipinski definition) is 6. The zero-order valence-electron chi connectivity index (χ0n) is 18.1. The SMILES string of the molecule is CC(C)NC(=O)CN1CCN(C(=O)c2cnc(N)c(OCc3c(Cl)cccc3Cl)c2)CC1. The molecule has 2 aromatic rings. The minimum absolute atomic E-state index is 0.0112. The van der Waals surface area contributed by atoms with Crippen molar-refractivity contribution in [3.8, 4) is 5.75 Å². The van der Waals surface area contributed by atoms with Crippen LogP contribution in [0.25, 0.3) is 0 Å². The van der Waals surface area contributed by atoms with Crippen molar-refractivity contribution in [1.29, 1.82) is 0 Å². The van der Waals surface area contributed by atoms with Crippen LogP contribution < -0.4 is 15.8 Å². The first kappa shape index (κ1) is 24.1. The van der Waals surface area contributed by atoms with E-state index in [0.29, 0.717) is 53.9 Å². The van der Waals surface area contributed by atoms with Gasteiger partial charge in [-0.1, -0.05) is 29.3 Å². The molecule has 0 unspecified atom stereocenters. The molecule has 2 amide bonds. The number of nitrogens with zero attached hydrogens (tertiary/aromatic N) is 3. The van der Waals surface area contributed by atoms with Gasteiger partial charge in [0.2, 0.25) is 5.91 Å². The van der Waals surface area contributed by atoms with Gasteiger partial charge in [0.25, 0.3) is 5.91 Å². The molecule has 172 valence electrons. The molecule has 0 aliphatic carbocycles. The largest absolute Gasteiger partial charge is 0.485 e. The van der Waals surface area contributed by atoms with Crippen molar-refractivity contribution in [2.45, 2.75) is 26.5 Å². The van der Waals surface area contributed by atoms with E-state index in [4.69, 9.17) is 33.7 Å². The standard InChI is InChI=1S/C22H27Cl2N5O3/c1-14(2)27-20(30)12-28-6-8-29(9-7-28)22(31)15-10-19(21(25)26-11-15)32-13-16-17(23)4-3-5-18(16)24/h3-5,10-11,14H,6-9,12-13H2,1-2H3,(H2,25,26)(H,27,30). The van der Waals surface area contributed by atoms with Gasteiger partial charge in [-0.2, -0.15) is 0 Å². The lowest BCUT2D eigenvalue weighted by Crippen LogP contribution is -2.51. The van der Waals surface area contributed by atoms with E-state index in [0.717, 1.165) is 0 Å². The van der Waals surface area contributed by atoms with E-state index in [1.807, 2.05) is 18.7 Å². The van der Waals surface area contributed by atoms with Crippen molar-refractivity contribution in [3.63, 3.8) is 0 Å². The molecule has 1 saturated heterocycles. The molecule has 3 rings (SSSR count). The number of amides is 2. The Morgan fingerprint density at radius 2 is 1.84 bits per heavy atom. The second-order valence-corrected chi connectivity index (χ2v) is 8.70. The summed E-state index contributed by atoms with van der Waals surface area (Å²) in [7, 11) is 0. The molecule has 1 aromatic heterocycles. The number of nitrogen functional groups attached to an aromatic ring is 1. The molecule has 1 fully saturated rings. The molecule has 3 N–H and O–H groups in total. The lowest BCUT2D eigenvalue weighted by Gasteiger charge is -2.34. The van der Waals surface area contributed by atoms with Crippen LogP contribution in [-0.2, 0) is 11.4 Å².